The molecule has 6 heteroatoms. The number of nitrogens with zero attached hydrogens (tertiary/aromatic N) is 2. The van der Waals surface area contributed by atoms with Crippen molar-refractivity contribution >= 4 is 22.5 Å². The average molecular weight is 334 g/mol. The summed E-state index contributed by atoms with van der Waals surface area (Å²) in [6.45, 7) is 0.561. The highest BCUT2D eigenvalue weighted by molar-refractivity contribution is 6.03. The van der Waals surface area contributed by atoms with E-state index in [0.29, 0.717) is 13.0 Å². The van der Waals surface area contributed by atoms with E-state index in [1.54, 1.807) is 12.4 Å². The van der Waals surface area contributed by atoms with Crippen LogP contribution in [-0.4, -0.2) is 34.2 Å². The average Bonchev–Trinajstić information content (AvgIpc) is 3.30. The second-order valence-corrected chi connectivity index (χ2v) is 5.97. The van der Waals surface area contributed by atoms with Gasteiger partial charge in [-0.05, 0) is 30.2 Å². The SMILES string of the molecule is O=C(NCCc1c[nH]c2ccccc12)[C@H]1CC(c2ccncc2)=NO1. The van der Waals surface area contributed by atoms with Gasteiger partial charge >= 0.3 is 0 Å². The summed E-state index contributed by atoms with van der Waals surface area (Å²) < 4.78 is 0. The first kappa shape index (κ1) is 15.4. The first-order chi connectivity index (χ1) is 12.3. The number of fused-ring (bicyclic) bond motifs is 1. The summed E-state index contributed by atoms with van der Waals surface area (Å²) in [6, 6.07) is 11.9. The van der Waals surface area contributed by atoms with Gasteiger partial charge in [0.25, 0.3) is 5.91 Å². The third-order valence-corrected chi connectivity index (χ3v) is 4.34. The number of hydrogen-bond donors (Lipinski definition) is 2. The number of amides is 1. The molecule has 2 N–H and O–H groups in total. The Kier molecular flexibility index (Phi) is 4.16. The summed E-state index contributed by atoms with van der Waals surface area (Å²) in [5.74, 6) is -0.132. The van der Waals surface area contributed by atoms with Crippen LogP contribution < -0.4 is 5.32 Å². The van der Waals surface area contributed by atoms with E-state index in [1.165, 1.54) is 10.9 Å². The lowest BCUT2D eigenvalue weighted by Gasteiger charge is -2.09. The molecule has 3 aromatic rings. The molecule has 0 saturated carbocycles. The second-order valence-electron chi connectivity index (χ2n) is 5.97. The monoisotopic (exact) mass is 334 g/mol. The number of carbonyl (C=O) groups is 1. The summed E-state index contributed by atoms with van der Waals surface area (Å²) in [4.78, 5) is 24.8. The lowest BCUT2D eigenvalue weighted by molar-refractivity contribution is -0.131. The molecule has 0 unspecified atom stereocenters. The fourth-order valence-electron chi connectivity index (χ4n) is 3.01. The van der Waals surface area contributed by atoms with Crippen molar-refractivity contribution < 1.29 is 9.63 Å². The molecule has 0 bridgehead atoms. The molecular weight excluding hydrogens is 316 g/mol. The lowest BCUT2D eigenvalue weighted by atomic mass is 10.1. The van der Waals surface area contributed by atoms with E-state index in [1.807, 2.05) is 36.5 Å². The van der Waals surface area contributed by atoms with Crippen LogP contribution in [0, 0.1) is 0 Å². The zero-order valence-electron chi connectivity index (χ0n) is 13.6. The predicted octanol–water partition coefficient (Wildman–Crippen LogP) is 2.41. The Morgan fingerprint density at radius 1 is 1.24 bits per heavy atom. The standard InChI is InChI=1S/C19H18N4O2/c24-19(18-11-17(23-25-18)13-5-8-20-9-6-13)21-10-7-14-12-22-16-4-2-1-3-15(14)16/h1-6,8-9,12,18,22H,7,10-11H2,(H,21,24)/t18-/m1/s1. The number of oxime groups is 1. The number of pyridine rings is 1. The van der Waals surface area contributed by atoms with Crippen molar-refractivity contribution in [3.05, 3.63) is 66.1 Å². The van der Waals surface area contributed by atoms with Gasteiger partial charge in [-0.25, -0.2) is 0 Å². The quantitative estimate of drug-likeness (QED) is 0.752. The molecule has 2 aromatic heterocycles. The molecule has 1 atom stereocenters. The minimum atomic E-state index is -0.564. The molecule has 4 rings (SSSR count). The molecule has 3 heterocycles. The number of H-pyrrole nitrogens is 1. The maximum absolute atomic E-state index is 12.3. The smallest absolute Gasteiger partial charge is 0.264 e. The first-order valence-corrected chi connectivity index (χ1v) is 8.27. The Hall–Kier alpha value is -3.15. The second kappa shape index (κ2) is 6.76. The third kappa shape index (κ3) is 3.24. The number of para-hydroxylation sites is 1. The van der Waals surface area contributed by atoms with Crippen molar-refractivity contribution in [3.63, 3.8) is 0 Å². The van der Waals surface area contributed by atoms with Crippen LogP contribution in [0.1, 0.15) is 17.5 Å². The maximum Gasteiger partial charge on any atom is 0.264 e. The number of hydrogen-bond acceptors (Lipinski definition) is 4. The van der Waals surface area contributed by atoms with Gasteiger partial charge in [0.2, 0.25) is 6.10 Å². The van der Waals surface area contributed by atoms with Crippen LogP contribution in [0.5, 0.6) is 0 Å². The van der Waals surface area contributed by atoms with Crippen LogP contribution in [0.3, 0.4) is 0 Å². The Balaban J connectivity index is 1.30. The molecular formula is C19H18N4O2. The highest BCUT2D eigenvalue weighted by Crippen LogP contribution is 2.18. The van der Waals surface area contributed by atoms with Gasteiger partial charge in [-0.1, -0.05) is 23.4 Å². The Labute approximate surface area is 144 Å². The molecule has 0 radical (unpaired) electrons. The van der Waals surface area contributed by atoms with Gasteiger partial charge in [0, 0.05) is 48.0 Å². The third-order valence-electron chi connectivity index (χ3n) is 4.34. The first-order valence-electron chi connectivity index (χ1n) is 8.27. The normalized spacial score (nSPS) is 16.5. The fraction of sp³-hybridized carbons (Fsp3) is 0.211. The van der Waals surface area contributed by atoms with Gasteiger partial charge in [-0.2, -0.15) is 0 Å². The van der Waals surface area contributed by atoms with Crippen LogP contribution in [0.25, 0.3) is 10.9 Å². The number of carbonyl (C=O) groups excluding carboxylic acids is 1. The Morgan fingerprint density at radius 2 is 2.08 bits per heavy atom. The minimum Gasteiger partial charge on any atom is -0.382 e. The largest absolute Gasteiger partial charge is 0.382 e. The Morgan fingerprint density at radius 3 is 2.96 bits per heavy atom. The topological polar surface area (TPSA) is 79.4 Å². The number of nitrogens with one attached hydrogen (secondary N) is 2. The fourth-order valence-corrected chi connectivity index (χ4v) is 3.01. The minimum absolute atomic E-state index is 0.132. The number of aromatic nitrogens is 2. The zero-order chi connectivity index (χ0) is 17.1. The van der Waals surface area contributed by atoms with Gasteiger partial charge in [0.05, 0.1) is 5.71 Å². The molecule has 1 aromatic carbocycles. The summed E-state index contributed by atoms with van der Waals surface area (Å²) in [7, 11) is 0. The van der Waals surface area contributed by atoms with Gasteiger partial charge in [0.1, 0.15) is 0 Å². The number of rotatable bonds is 5. The van der Waals surface area contributed by atoms with Crippen LogP contribution >= 0.6 is 0 Å². The molecule has 0 fully saturated rings. The van der Waals surface area contributed by atoms with E-state index >= 15 is 0 Å². The van der Waals surface area contributed by atoms with E-state index in [9.17, 15) is 4.79 Å². The maximum atomic E-state index is 12.3. The van der Waals surface area contributed by atoms with E-state index in [0.717, 1.165) is 23.2 Å². The lowest BCUT2D eigenvalue weighted by Crippen LogP contribution is -2.35. The van der Waals surface area contributed by atoms with Crippen LogP contribution in [0.15, 0.2) is 60.1 Å². The van der Waals surface area contributed by atoms with E-state index < -0.39 is 6.10 Å². The molecule has 1 amide bonds. The van der Waals surface area contributed by atoms with Gasteiger partial charge in [-0.15, -0.1) is 0 Å². The predicted molar refractivity (Wildman–Crippen MR) is 95.3 cm³/mol. The molecule has 0 saturated heterocycles. The van der Waals surface area contributed by atoms with Crippen molar-refractivity contribution in [1.29, 1.82) is 0 Å². The van der Waals surface area contributed by atoms with Gasteiger partial charge in [0.15, 0.2) is 0 Å². The van der Waals surface area contributed by atoms with Crippen LogP contribution in [0.2, 0.25) is 0 Å². The van der Waals surface area contributed by atoms with Crippen molar-refractivity contribution in [1.82, 2.24) is 15.3 Å². The Bertz CT molecular complexity index is 917. The van der Waals surface area contributed by atoms with Crippen LogP contribution in [-0.2, 0) is 16.1 Å². The molecule has 1 aliphatic rings. The van der Waals surface area contributed by atoms with Crippen molar-refractivity contribution in [3.8, 4) is 0 Å². The molecule has 126 valence electrons. The molecule has 6 nitrogen and oxygen atoms in total. The number of aromatic amines is 1. The zero-order valence-corrected chi connectivity index (χ0v) is 13.6. The van der Waals surface area contributed by atoms with Gasteiger partial charge < -0.3 is 15.1 Å². The van der Waals surface area contributed by atoms with Gasteiger partial charge in [-0.3, -0.25) is 9.78 Å². The summed E-state index contributed by atoms with van der Waals surface area (Å²) in [5.41, 5.74) is 4.01. The molecule has 0 aliphatic carbocycles. The van der Waals surface area contributed by atoms with E-state index in [4.69, 9.17) is 4.84 Å². The molecule has 1 aliphatic heterocycles. The summed E-state index contributed by atoms with van der Waals surface area (Å²) in [6.07, 6.45) is 6.07. The highest BCUT2D eigenvalue weighted by Gasteiger charge is 2.28. The van der Waals surface area contributed by atoms with Crippen molar-refractivity contribution in [2.24, 2.45) is 5.16 Å². The summed E-state index contributed by atoms with van der Waals surface area (Å²) >= 11 is 0. The van der Waals surface area contributed by atoms with Crippen LogP contribution in [0.4, 0.5) is 0 Å². The summed E-state index contributed by atoms with van der Waals surface area (Å²) in [5, 5.41) is 8.16. The number of benzene rings is 1. The van der Waals surface area contributed by atoms with E-state index in [2.05, 4.69) is 26.5 Å². The van der Waals surface area contributed by atoms with Crippen molar-refractivity contribution in [2.45, 2.75) is 18.9 Å². The molecule has 0 spiro atoms. The van der Waals surface area contributed by atoms with E-state index in [-0.39, 0.29) is 5.91 Å². The highest BCUT2D eigenvalue weighted by atomic mass is 16.6. The molecule has 25 heavy (non-hydrogen) atoms. The van der Waals surface area contributed by atoms with Crippen molar-refractivity contribution in [2.75, 3.05) is 6.54 Å².